The molecule has 51 heavy (non-hydrogen) atoms. The molecule has 0 N–H and O–H groups in total. The fraction of sp³-hybridized carbons (Fsp3) is 0.600. The molecule has 2 saturated heterocycles. The van der Waals surface area contributed by atoms with Gasteiger partial charge in [-0.1, -0.05) is 94.4 Å². The summed E-state index contributed by atoms with van der Waals surface area (Å²) >= 11 is 0. The Balaban J connectivity index is 1.73. The van der Waals surface area contributed by atoms with Crippen LogP contribution < -0.4 is 10.2 Å². The van der Waals surface area contributed by atoms with E-state index in [1.54, 1.807) is 0 Å². The third-order valence-corrected chi connectivity index (χ3v) is 11.5. The van der Waals surface area contributed by atoms with Gasteiger partial charge in [-0.2, -0.15) is 0 Å². The number of ether oxygens (including phenoxy) is 2. The second kappa shape index (κ2) is 12.7. The third-order valence-electron chi connectivity index (χ3n) is 11.5. The van der Waals surface area contributed by atoms with Gasteiger partial charge in [0.05, 0.1) is 34.5 Å². The molecule has 0 bridgehead atoms. The van der Waals surface area contributed by atoms with E-state index in [-0.39, 0.29) is 27.9 Å². The van der Waals surface area contributed by atoms with Crippen molar-refractivity contribution in [1.29, 1.82) is 0 Å². The highest BCUT2D eigenvalue weighted by molar-refractivity contribution is 6.63. The van der Waals surface area contributed by atoms with Crippen molar-refractivity contribution in [2.24, 2.45) is 5.41 Å². The van der Waals surface area contributed by atoms with E-state index in [0.29, 0.717) is 6.61 Å². The van der Waals surface area contributed by atoms with E-state index in [2.05, 4.69) is 157 Å². The molecule has 0 radical (unpaired) electrons. The Hall–Kier alpha value is -2.80. The molecule has 2 fully saturated rings. The summed E-state index contributed by atoms with van der Waals surface area (Å²) in [5.41, 5.74) is 7.09. The minimum Gasteiger partial charge on any atom is -0.463 e. The minimum absolute atomic E-state index is 0.0116. The summed E-state index contributed by atoms with van der Waals surface area (Å²) in [4.78, 5) is 0. The lowest BCUT2D eigenvalue weighted by Gasteiger charge is -2.35. The number of rotatable bonds is 6. The third kappa shape index (κ3) is 7.40. The van der Waals surface area contributed by atoms with Crippen molar-refractivity contribution in [3.05, 3.63) is 65.2 Å². The molecule has 1 unspecified atom stereocenters. The molecule has 2 aliphatic heterocycles. The van der Waals surface area contributed by atoms with Crippen molar-refractivity contribution < 1.29 is 18.8 Å². The van der Waals surface area contributed by atoms with Gasteiger partial charge < -0.3 is 23.3 Å². The minimum atomic E-state index is -0.606. The topological polar surface area (TPSA) is 41.9 Å². The smallest absolute Gasteiger partial charge is 0.463 e. The van der Waals surface area contributed by atoms with E-state index in [1.807, 2.05) is 0 Å². The molecule has 276 valence electrons. The van der Waals surface area contributed by atoms with Crippen LogP contribution in [0.1, 0.15) is 146 Å². The molecule has 0 amide bonds. The van der Waals surface area contributed by atoms with Gasteiger partial charge in [0.25, 0.3) is 0 Å². The molecule has 5 nitrogen and oxygen atoms in total. The summed E-state index contributed by atoms with van der Waals surface area (Å²) in [7, 11) is -0.606. The van der Waals surface area contributed by atoms with Crippen LogP contribution in [0.5, 0.6) is 5.75 Å². The Morgan fingerprint density at radius 1 is 0.706 bits per heavy atom. The van der Waals surface area contributed by atoms with Crippen molar-refractivity contribution in [2.75, 3.05) is 6.61 Å². The molecular weight excluding hydrogens is 629 g/mol. The first-order valence-corrected chi connectivity index (χ1v) is 19.3. The van der Waals surface area contributed by atoms with Gasteiger partial charge in [0.2, 0.25) is 0 Å². The van der Waals surface area contributed by atoms with Crippen LogP contribution in [-0.2, 0) is 30.3 Å². The van der Waals surface area contributed by atoms with Crippen LogP contribution in [0, 0.1) is 5.41 Å². The highest BCUT2D eigenvalue weighted by Crippen LogP contribution is 2.44. The summed E-state index contributed by atoms with van der Waals surface area (Å²) in [5.74, 6) is 0.773. The van der Waals surface area contributed by atoms with Crippen molar-refractivity contribution >= 4 is 34.4 Å². The van der Waals surface area contributed by atoms with Crippen LogP contribution in [-0.4, -0.2) is 35.8 Å². The van der Waals surface area contributed by atoms with Crippen molar-refractivity contribution in [3.63, 3.8) is 0 Å². The zero-order valence-electron chi connectivity index (χ0n) is 34.4. The van der Waals surface area contributed by atoms with Crippen LogP contribution in [0.25, 0.3) is 27.5 Å². The first kappa shape index (κ1) is 37.9. The molecule has 4 aromatic rings. The second-order valence-corrected chi connectivity index (χ2v) is 20.3. The Kier molecular flexibility index (Phi) is 9.42. The van der Waals surface area contributed by atoms with E-state index in [1.165, 1.54) is 27.5 Å². The Morgan fingerprint density at radius 3 is 1.69 bits per heavy atom. The zero-order chi connectivity index (χ0) is 37.5. The van der Waals surface area contributed by atoms with Gasteiger partial charge in [0, 0.05) is 22.7 Å². The van der Waals surface area contributed by atoms with E-state index < -0.39 is 18.3 Å². The van der Waals surface area contributed by atoms with Crippen LogP contribution in [0.15, 0.2) is 48.5 Å². The Bertz CT molecular complexity index is 1840. The summed E-state index contributed by atoms with van der Waals surface area (Å²) in [5, 5.41) is 2.50. The average Bonchev–Trinajstić information content (AvgIpc) is 3.43. The number of hydrogen-bond acceptors (Lipinski definition) is 4. The maximum Gasteiger partial charge on any atom is 0.498 e. The zero-order valence-corrected chi connectivity index (χ0v) is 34.4. The maximum absolute atomic E-state index is 7.11. The van der Waals surface area contributed by atoms with E-state index in [0.717, 1.165) is 53.6 Å². The van der Waals surface area contributed by atoms with Gasteiger partial charge in [-0.25, -0.2) is 0 Å². The van der Waals surface area contributed by atoms with Gasteiger partial charge >= 0.3 is 7.12 Å². The normalized spacial score (nSPS) is 20.1. The first-order valence-electron chi connectivity index (χ1n) is 19.3. The predicted octanol–water partition coefficient (Wildman–Crippen LogP) is 11.3. The van der Waals surface area contributed by atoms with Gasteiger partial charge in [-0.3, -0.25) is 0 Å². The Morgan fingerprint density at radius 2 is 1.24 bits per heavy atom. The van der Waals surface area contributed by atoms with Crippen molar-refractivity contribution in [3.8, 4) is 11.4 Å². The van der Waals surface area contributed by atoms with Crippen LogP contribution >= 0.6 is 0 Å². The molecular formula is C45H64BNO4. The quantitative estimate of drug-likeness (QED) is 0.189. The monoisotopic (exact) mass is 693 g/mol. The molecule has 2 aliphatic rings. The number of nitrogens with zero attached hydrogens (tertiary/aromatic N) is 1. The molecule has 6 heteroatoms. The Labute approximate surface area is 308 Å². The summed E-state index contributed by atoms with van der Waals surface area (Å²) < 4.78 is 29.5. The number of fused-ring (bicyclic) bond motifs is 3. The van der Waals surface area contributed by atoms with Gasteiger partial charge in [-0.05, 0) is 116 Å². The number of benzene rings is 3. The van der Waals surface area contributed by atoms with E-state index in [9.17, 15) is 0 Å². The van der Waals surface area contributed by atoms with Crippen molar-refractivity contribution in [2.45, 2.75) is 163 Å². The number of hydrogen-bond donors (Lipinski definition) is 0. The molecule has 0 aliphatic carbocycles. The highest BCUT2D eigenvalue weighted by atomic mass is 16.7. The van der Waals surface area contributed by atoms with Crippen LogP contribution in [0.4, 0.5) is 0 Å². The predicted molar refractivity (Wildman–Crippen MR) is 215 cm³/mol. The highest BCUT2D eigenvalue weighted by Gasteiger charge is 2.53. The van der Waals surface area contributed by atoms with Crippen LogP contribution in [0.2, 0.25) is 0 Å². The molecule has 3 aromatic carbocycles. The lowest BCUT2D eigenvalue weighted by atomic mass is 9.69. The molecule has 0 saturated carbocycles. The standard InChI is InChI=1S/C45H64BNO4/c1-40(2,3)28-43(10,11)31-26-34(46-50-44(12,13)45(14,15)51-46)39(49-38-18-16-17-23-48-38)37(27-31)47-35-21-19-29(41(4,5)6)24-32(35)33-25-30(42(7,8)9)20-22-36(33)47/h19-22,24-27,38H,16-18,23,28H2,1-15H3. The SMILES string of the molecule is CC(C)(C)CC(C)(C)c1cc(B2OC(C)(C)C(C)(C)O2)c(OC2CCCCO2)c(-n2c3ccc(C(C)(C)C)cc3c3cc(C(C)(C)C)ccc32)c1. The fourth-order valence-corrected chi connectivity index (χ4v) is 8.05. The average molecular weight is 694 g/mol. The molecule has 6 rings (SSSR count). The fourth-order valence-electron chi connectivity index (χ4n) is 8.05. The maximum atomic E-state index is 7.11. The van der Waals surface area contributed by atoms with Gasteiger partial charge in [0.1, 0.15) is 5.75 Å². The van der Waals surface area contributed by atoms with Crippen LogP contribution in [0.3, 0.4) is 0 Å². The summed E-state index contributed by atoms with van der Waals surface area (Å²) in [6.07, 6.45) is 3.63. The molecule has 1 aromatic heterocycles. The molecule has 3 heterocycles. The molecule has 0 spiro atoms. The lowest BCUT2D eigenvalue weighted by Crippen LogP contribution is -2.41. The van der Waals surface area contributed by atoms with E-state index >= 15 is 0 Å². The first-order chi connectivity index (χ1) is 23.4. The largest absolute Gasteiger partial charge is 0.498 e. The van der Waals surface area contributed by atoms with Crippen molar-refractivity contribution in [1.82, 2.24) is 4.57 Å². The van der Waals surface area contributed by atoms with Gasteiger partial charge in [0.15, 0.2) is 6.29 Å². The second-order valence-electron chi connectivity index (χ2n) is 20.3. The van der Waals surface area contributed by atoms with E-state index in [4.69, 9.17) is 18.8 Å². The lowest BCUT2D eigenvalue weighted by molar-refractivity contribution is -0.105. The molecule has 1 atom stereocenters. The summed E-state index contributed by atoms with van der Waals surface area (Å²) in [6, 6.07) is 18.7. The number of aromatic nitrogens is 1. The van der Waals surface area contributed by atoms with Gasteiger partial charge in [-0.15, -0.1) is 0 Å². The summed E-state index contributed by atoms with van der Waals surface area (Å²) in [6.45, 7) is 34.7.